The third-order valence-electron chi connectivity index (χ3n) is 9.02. The summed E-state index contributed by atoms with van der Waals surface area (Å²) in [7, 11) is 1.72. The molecule has 1 aromatic carbocycles. The summed E-state index contributed by atoms with van der Waals surface area (Å²) in [5.74, 6) is -1.60. The van der Waals surface area contributed by atoms with E-state index in [-0.39, 0.29) is 37.1 Å². The fourth-order valence-corrected chi connectivity index (χ4v) is 5.92. The lowest BCUT2D eigenvalue weighted by molar-refractivity contribution is -0.129. The molecule has 18 nitrogen and oxygen atoms in total. The molecule has 0 aliphatic rings. The van der Waals surface area contributed by atoms with E-state index < -0.39 is 49.2 Å². The molecule has 0 radical (unpaired) electrons. The number of Topliss-reactive ketones (excluding diaryl/α,β-unsaturated/α-hetero) is 1. The SMILES string of the molecule is CCCCc1nc2c(N)nc3ccccc3c2n1CCCCNC(=O)CCC(=O)NCC(=O)NCC(=O)NCC(=O)NCC(=O)NCCCCC(NC)C(C)=O. The summed E-state index contributed by atoms with van der Waals surface area (Å²) >= 11 is 0. The van der Waals surface area contributed by atoms with Crippen LogP contribution < -0.4 is 43.0 Å². The first-order chi connectivity index (χ1) is 26.9. The molecule has 6 amide bonds. The van der Waals surface area contributed by atoms with Gasteiger partial charge in [-0.3, -0.25) is 33.6 Å². The number of fused-ring (bicyclic) bond motifs is 3. The number of para-hydroxylation sites is 1. The van der Waals surface area contributed by atoms with Crippen molar-refractivity contribution in [2.24, 2.45) is 0 Å². The number of nitrogens with one attached hydrogen (secondary N) is 7. The van der Waals surface area contributed by atoms with Crippen LogP contribution in [-0.2, 0) is 46.5 Å². The van der Waals surface area contributed by atoms with Gasteiger partial charge in [0.1, 0.15) is 17.1 Å². The average Bonchev–Trinajstić information content (AvgIpc) is 3.55. The highest BCUT2D eigenvalue weighted by Gasteiger charge is 2.17. The van der Waals surface area contributed by atoms with Gasteiger partial charge in [0.25, 0.3) is 0 Å². The molecule has 3 aromatic rings. The Morgan fingerprint density at radius 1 is 0.696 bits per heavy atom. The molecule has 1 atom stereocenters. The number of aromatic nitrogens is 3. The second-order valence-corrected chi connectivity index (χ2v) is 13.5. The number of aryl methyl sites for hydroxylation is 2. The van der Waals surface area contributed by atoms with Crippen LogP contribution >= 0.6 is 0 Å². The molecule has 18 heteroatoms. The molecule has 9 N–H and O–H groups in total. The van der Waals surface area contributed by atoms with Crippen molar-refractivity contribution < 1.29 is 33.6 Å². The topological polar surface area (TPSA) is 260 Å². The molecule has 56 heavy (non-hydrogen) atoms. The number of nitrogens with two attached hydrogens (primary N) is 1. The van der Waals surface area contributed by atoms with Crippen molar-refractivity contribution in [2.45, 2.75) is 90.6 Å². The molecule has 2 heterocycles. The summed E-state index contributed by atoms with van der Waals surface area (Å²) < 4.78 is 2.22. The first kappa shape index (κ1) is 44.7. The quantitative estimate of drug-likeness (QED) is 0.0508. The van der Waals surface area contributed by atoms with Gasteiger partial charge < -0.3 is 47.5 Å². The molecule has 0 spiro atoms. The molecule has 0 saturated heterocycles. The number of carbonyl (C=O) groups is 7. The minimum atomic E-state index is -0.641. The second-order valence-electron chi connectivity index (χ2n) is 13.5. The van der Waals surface area contributed by atoms with Gasteiger partial charge >= 0.3 is 0 Å². The average molecular weight is 780 g/mol. The fraction of sp³-hybridized carbons (Fsp3) is 0.553. The minimum absolute atomic E-state index is 0.0509. The first-order valence-corrected chi connectivity index (χ1v) is 19.2. The van der Waals surface area contributed by atoms with E-state index in [1.807, 2.05) is 24.3 Å². The Hall–Kier alpha value is -5.65. The molecular weight excluding hydrogens is 722 g/mol. The number of unbranched alkanes of at least 4 members (excludes halogenated alkanes) is 3. The number of hydrogen-bond donors (Lipinski definition) is 8. The zero-order valence-corrected chi connectivity index (χ0v) is 32.7. The number of likely N-dealkylation sites (N-methyl/N-ethyl adjacent to an activating group) is 1. The number of nitrogens with zero attached hydrogens (tertiary/aromatic N) is 3. The summed E-state index contributed by atoms with van der Waals surface area (Å²) in [5.41, 5.74) is 8.78. The van der Waals surface area contributed by atoms with Gasteiger partial charge in [0.05, 0.1) is 43.3 Å². The van der Waals surface area contributed by atoms with Crippen LogP contribution in [0.1, 0.15) is 77.5 Å². The number of amides is 6. The van der Waals surface area contributed by atoms with E-state index in [0.29, 0.717) is 50.2 Å². The molecule has 0 aliphatic carbocycles. The number of hydrogen-bond acceptors (Lipinski definition) is 11. The lowest BCUT2D eigenvalue weighted by Gasteiger charge is -2.12. The number of benzene rings is 1. The third kappa shape index (κ3) is 15.2. The van der Waals surface area contributed by atoms with Gasteiger partial charge in [-0.05, 0) is 58.6 Å². The van der Waals surface area contributed by atoms with Crippen LogP contribution in [0.4, 0.5) is 5.82 Å². The van der Waals surface area contributed by atoms with E-state index in [0.717, 1.165) is 54.3 Å². The zero-order chi connectivity index (χ0) is 40.9. The van der Waals surface area contributed by atoms with Crippen LogP contribution in [-0.4, -0.2) is 108 Å². The molecule has 0 aliphatic heterocycles. The Kier molecular flexibility index (Phi) is 19.2. The zero-order valence-electron chi connectivity index (χ0n) is 32.7. The van der Waals surface area contributed by atoms with Crippen LogP contribution in [0.25, 0.3) is 21.9 Å². The van der Waals surface area contributed by atoms with Crippen LogP contribution in [0.15, 0.2) is 24.3 Å². The van der Waals surface area contributed by atoms with Crippen LogP contribution in [0.5, 0.6) is 0 Å². The summed E-state index contributed by atoms with van der Waals surface area (Å²) in [6.45, 7) is 3.71. The molecule has 0 bridgehead atoms. The van der Waals surface area contributed by atoms with Crippen LogP contribution in [0.2, 0.25) is 0 Å². The van der Waals surface area contributed by atoms with Crippen LogP contribution in [0.3, 0.4) is 0 Å². The maximum Gasteiger partial charge on any atom is 0.239 e. The van der Waals surface area contributed by atoms with E-state index >= 15 is 0 Å². The summed E-state index contributed by atoms with van der Waals surface area (Å²) in [6, 6.07) is 7.65. The first-order valence-electron chi connectivity index (χ1n) is 19.2. The highest BCUT2D eigenvalue weighted by molar-refractivity contribution is 6.06. The van der Waals surface area contributed by atoms with Crippen molar-refractivity contribution in [2.75, 3.05) is 52.0 Å². The third-order valence-corrected chi connectivity index (χ3v) is 9.02. The van der Waals surface area contributed by atoms with Crippen molar-refractivity contribution in [1.82, 2.24) is 51.8 Å². The highest BCUT2D eigenvalue weighted by atomic mass is 16.2. The van der Waals surface area contributed by atoms with E-state index in [4.69, 9.17) is 10.7 Å². The van der Waals surface area contributed by atoms with Crippen molar-refractivity contribution in [3.8, 4) is 0 Å². The van der Waals surface area contributed by atoms with Crippen molar-refractivity contribution in [3.63, 3.8) is 0 Å². The van der Waals surface area contributed by atoms with Crippen molar-refractivity contribution in [3.05, 3.63) is 30.1 Å². The van der Waals surface area contributed by atoms with Gasteiger partial charge in [0.2, 0.25) is 35.4 Å². The summed E-state index contributed by atoms with van der Waals surface area (Å²) in [4.78, 5) is 93.4. The minimum Gasteiger partial charge on any atom is -0.382 e. The summed E-state index contributed by atoms with van der Waals surface area (Å²) in [6.07, 6.45) is 6.27. The molecule has 2 aromatic heterocycles. The molecular formula is C38H57N11O7. The smallest absolute Gasteiger partial charge is 0.239 e. The predicted molar refractivity (Wildman–Crippen MR) is 212 cm³/mol. The monoisotopic (exact) mass is 779 g/mol. The van der Waals surface area contributed by atoms with E-state index in [2.05, 4.69) is 53.7 Å². The number of pyridine rings is 1. The van der Waals surface area contributed by atoms with E-state index in [1.54, 1.807) is 7.05 Å². The van der Waals surface area contributed by atoms with Crippen molar-refractivity contribution >= 4 is 69.0 Å². The Labute approximate surface area is 326 Å². The molecule has 0 saturated carbocycles. The van der Waals surface area contributed by atoms with Gasteiger partial charge in [-0.1, -0.05) is 31.5 Å². The van der Waals surface area contributed by atoms with E-state index in [1.165, 1.54) is 6.92 Å². The summed E-state index contributed by atoms with van der Waals surface area (Å²) in [5, 5.41) is 18.9. The van der Waals surface area contributed by atoms with Crippen molar-refractivity contribution in [1.29, 1.82) is 0 Å². The maximum atomic E-state index is 12.4. The predicted octanol–water partition coefficient (Wildman–Crippen LogP) is 0.114. The lowest BCUT2D eigenvalue weighted by Crippen LogP contribution is -2.45. The Bertz CT molecular complexity index is 1830. The van der Waals surface area contributed by atoms with Gasteiger partial charge in [-0.25, -0.2) is 9.97 Å². The lowest BCUT2D eigenvalue weighted by atomic mass is 10.1. The fourth-order valence-electron chi connectivity index (χ4n) is 5.92. The highest BCUT2D eigenvalue weighted by Crippen LogP contribution is 2.29. The molecule has 1 unspecified atom stereocenters. The number of carbonyl (C=O) groups excluding carboxylic acids is 7. The number of rotatable bonds is 26. The Balaban J connectivity index is 1.24. The number of ketones is 1. The maximum absolute atomic E-state index is 12.4. The number of anilines is 1. The van der Waals surface area contributed by atoms with Crippen LogP contribution in [0, 0.1) is 0 Å². The largest absolute Gasteiger partial charge is 0.382 e. The van der Waals surface area contributed by atoms with E-state index in [9.17, 15) is 33.6 Å². The Morgan fingerprint density at radius 2 is 1.23 bits per heavy atom. The number of nitrogen functional groups attached to an aromatic ring is 1. The van der Waals surface area contributed by atoms with Gasteiger partial charge in [0.15, 0.2) is 5.82 Å². The standard InChI is InChI=1S/C38H57N11O7/c1-4-5-15-29-48-36-37(26-12-6-7-14-28(26)47-38(36)39)49(29)20-11-10-19-41-30(51)16-17-31(52)43-22-33(54)45-24-35(56)46-23-34(55)44-21-32(53)42-18-9-8-13-27(40-3)25(2)50/h6-7,12,14,27,40H,4-5,8-11,13,15-24H2,1-3H3,(H2,39,47)(H,41,51)(H,42,53)(H,43,52)(H,44,55)(H,45,54)(H,46,56). The normalized spacial score (nSPS) is 11.5. The second kappa shape index (κ2) is 24.0. The van der Waals surface area contributed by atoms with Gasteiger partial charge in [-0.2, -0.15) is 0 Å². The number of imidazole rings is 1. The molecule has 306 valence electrons. The van der Waals surface area contributed by atoms with Gasteiger partial charge in [0, 0.05) is 44.3 Å². The van der Waals surface area contributed by atoms with Gasteiger partial charge in [-0.15, -0.1) is 0 Å². The molecule has 0 fully saturated rings. The molecule has 3 rings (SSSR count). The Morgan fingerprint density at radius 3 is 1.82 bits per heavy atom.